The monoisotopic (exact) mass is 389 g/mol. The summed E-state index contributed by atoms with van der Waals surface area (Å²) in [4.78, 5) is 48.0. The van der Waals surface area contributed by atoms with Crippen LogP contribution in [0.3, 0.4) is 0 Å². The van der Waals surface area contributed by atoms with Crippen LogP contribution >= 0.6 is 11.8 Å². The van der Waals surface area contributed by atoms with Crippen molar-refractivity contribution in [3.05, 3.63) is 0 Å². The Hall–Kier alpha value is -1.85. The Bertz CT molecular complexity index is 641. The predicted molar refractivity (Wildman–Crippen MR) is 91.1 cm³/mol. The van der Waals surface area contributed by atoms with Gasteiger partial charge in [0.05, 0.1) is 0 Å². The lowest BCUT2D eigenvalue weighted by atomic mass is 9.94. The van der Waals surface area contributed by atoms with Crippen molar-refractivity contribution in [1.29, 1.82) is 0 Å². The molecule has 2 aliphatic heterocycles. The summed E-state index contributed by atoms with van der Waals surface area (Å²) in [5, 5.41) is 19.5. The molecule has 0 bridgehead atoms. The third-order valence-electron chi connectivity index (χ3n) is 4.58. The van der Waals surface area contributed by atoms with Crippen LogP contribution in [-0.4, -0.2) is 73.9 Å². The van der Waals surface area contributed by atoms with Crippen LogP contribution < -0.4 is 11.1 Å². The van der Waals surface area contributed by atoms with E-state index >= 15 is 0 Å². The molecule has 0 aromatic heterocycles. The zero-order chi connectivity index (χ0) is 19.9. The lowest BCUT2D eigenvalue weighted by molar-refractivity contribution is -0.199. The summed E-state index contributed by atoms with van der Waals surface area (Å²) in [7, 11) is 1.36. The summed E-state index contributed by atoms with van der Waals surface area (Å²) in [6.07, 6.45) is 0.382. The Labute approximate surface area is 154 Å². The largest absolute Gasteiger partial charge is 0.480 e. The highest BCUT2D eigenvalue weighted by Gasteiger charge is 2.74. The minimum absolute atomic E-state index is 0.000965. The molecule has 2 unspecified atom stereocenters. The number of nitrogens with two attached hydrogens (primary N) is 1. The summed E-state index contributed by atoms with van der Waals surface area (Å²) in [6, 6.07) is -3.11. The SMILES string of the molecule is COC12SC(C)(C)[C@H](C(=O)O)N1C(=O)[C@@H]2NC(=O)CCCC(N)C(=O)O. The first-order chi connectivity index (χ1) is 12.0. The summed E-state index contributed by atoms with van der Waals surface area (Å²) in [6.45, 7) is 3.41. The molecule has 0 radical (unpaired) electrons. The second kappa shape index (κ2) is 7.05. The molecule has 4 atom stereocenters. The number of carboxylic acids is 2. The highest BCUT2D eigenvalue weighted by molar-refractivity contribution is 8.02. The number of ether oxygens (including phenoxy) is 1. The Morgan fingerprint density at radius 2 is 2.00 bits per heavy atom. The van der Waals surface area contributed by atoms with Crippen LogP contribution in [0.1, 0.15) is 33.1 Å². The smallest absolute Gasteiger partial charge is 0.328 e. The molecule has 0 saturated carbocycles. The summed E-state index contributed by atoms with van der Waals surface area (Å²) >= 11 is 1.18. The highest BCUT2D eigenvalue weighted by atomic mass is 32.2. The number of thioether (sulfide) groups is 1. The number of rotatable bonds is 8. The summed E-state index contributed by atoms with van der Waals surface area (Å²) in [5.74, 6) is -3.25. The van der Waals surface area contributed by atoms with Gasteiger partial charge in [-0.1, -0.05) is 11.8 Å². The van der Waals surface area contributed by atoms with E-state index in [1.165, 1.54) is 18.9 Å². The van der Waals surface area contributed by atoms with Gasteiger partial charge in [0.1, 0.15) is 12.1 Å². The molecule has 146 valence electrons. The zero-order valence-electron chi connectivity index (χ0n) is 14.7. The fourth-order valence-electron chi connectivity index (χ4n) is 3.34. The van der Waals surface area contributed by atoms with E-state index in [2.05, 4.69) is 5.32 Å². The minimum atomic E-state index is -1.27. The van der Waals surface area contributed by atoms with Gasteiger partial charge in [-0.25, -0.2) is 4.79 Å². The topological polar surface area (TPSA) is 159 Å². The lowest BCUT2D eigenvalue weighted by Gasteiger charge is -2.51. The van der Waals surface area contributed by atoms with Gasteiger partial charge in [0, 0.05) is 18.3 Å². The molecular formula is C15H23N3O7S. The molecule has 0 aromatic rings. The van der Waals surface area contributed by atoms with E-state index in [0.29, 0.717) is 0 Å². The van der Waals surface area contributed by atoms with Crippen LogP contribution in [0.5, 0.6) is 0 Å². The maximum atomic E-state index is 12.5. The number of carboxylic acid groups (broad SMARTS) is 2. The van der Waals surface area contributed by atoms with Gasteiger partial charge in [-0.3, -0.25) is 19.3 Å². The van der Waals surface area contributed by atoms with Crippen molar-refractivity contribution < 1.29 is 34.1 Å². The normalized spacial score (nSPS) is 30.3. The van der Waals surface area contributed by atoms with Gasteiger partial charge >= 0.3 is 11.9 Å². The molecule has 2 rings (SSSR count). The van der Waals surface area contributed by atoms with Gasteiger partial charge in [-0.2, -0.15) is 0 Å². The molecule has 0 aromatic carbocycles. The number of nitrogens with zero attached hydrogens (tertiary/aromatic N) is 1. The number of fused-ring (bicyclic) bond motifs is 1. The Balaban J connectivity index is 2.03. The quantitative estimate of drug-likeness (QED) is 0.389. The number of methoxy groups -OCH3 is 1. The number of aliphatic carboxylic acids is 2. The molecule has 2 fully saturated rings. The van der Waals surface area contributed by atoms with Gasteiger partial charge < -0.3 is 26.0 Å². The first-order valence-corrected chi connectivity index (χ1v) is 8.88. The first-order valence-electron chi connectivity index (χ1n) is 8.07. The molecule has 2 aliphatic rings. The van der Waals surface area contributed by atoms with Crippen molar-refractivity contribution in [1.82, 2.24) is 10.2 Å². The van der Waals surface area contributed by atoms with Crippen molar-refractivity contribution in [2.75, 3.05) is 7.11 Å². The van der Waals surface area contributed by atoms with Crippen LogP contribution in [0.15, 0.2) is 0 Å². The summed E-state index contributed by atoms with van der Waals surface area (Å²) in [5.41, 5.74) is 5.38. The van der Waals surface area contributed by atoms with Crippen LogP contribution in [0, 0.1) is 0 Å². The standard InChI is InChI=1S/C15H23N3O7S/c1-14(2)10(13(23)24)18-11(20)9(15(18,25-3)26-14)17-8(19)6-4-5-7(16)12(21)22/h7,9-10H,4-6,16H2,1-3H3,(H,17,19)(H,21,22)(H,23,24)/t7?,9-,10-,15?/m0/s1. The fraction of sp³-hybridized carbons (Fsp3) is 0.733. The third-order valence-corrected chi connectivity index (χ3v) is 6.22. The summed E-state index contributed by atoms with van der Waals surface area (Å²) < 4.78 is 4.66. The fourth-order valence-corrected chi connectivity index (χ4v) is 5.06. The van der Waals surface area contributed by atoms with Gasteiger partial charge in [0.15, 0.2) is 6.04 Å². The van der Waals surface area contributed by atoms with E-state index in [1.54, 1.807) is 13.8 Å². The van der Waals surface area contributed by atoms with E-state index in [9.17, 15) is 24.3 Å². The Morgan fingerprint density at radius 3 is 2.50 bits per heavy atom. The van der Waals surface area contributed by atoms with E-state index in [1.807, 2.05) is 0 Å². The zero-order valence-corrected chi connectivity index (χ0v) is 15.5. The second-order valence-corrected chi connectivity index (χ2v) is 8.67. The van der Waals surface area contributed by atoms with Gasteiger partial charge in [0.2, 0.25) is 11.0 Å². The maximum absolute atomic E-state index is 12.5. The second-order valence-electron chi connectivity index (χ2n) is 6.83. The first kappa shape index (κ1) is 20.5. The predicted octanol–water partition coefficient (Wildman–Crippen LogP) is -0.826. The van der Waals surface area contributed by atoms with Gasteiger partial charge in [-0.05, 0) is 26.7 Å². The number of amides is 2. The lowest BCUT2D eigenvalue weighted by Crippen LogP contribution is -2.78. The Morgan fingerprint density at radius 1 is 1.38 bits per heavy atom. The molecule has 11 heteroatoms. The van der Waals surface area contributed by atoms with Crippen molar-refractivity contribution in [2.45, 2.75) is 61.0 Å². The molecule has 26 heavy (non-hydrogen) atoms. The Kier molecular flexibility index (Phi) is 5.54. The average Bonchev–Trinajstić information content (AvgIpc) is 2.77. The highest BCUT2D eigenvalue weighted by Crippen LogP contribution is 2.58. The number of hydrogen-bond acceptors (Lipinski definition) is 7. The number of β-lactam (4-membered cyclic amide) rings is 1. The molecule has 2 amide bonds. The van der Waals surface area contributed by atoms with E-state index in [-0.39, 0.29) is 19.3 Å². The van der Waals surface area contributed by atoms with E-state index in [0.717, 1.165) is 4.90 Å². The number of nitrogens with one attached hydrogen (secondary N) is 1. The van der Waals surface area contributed by atoms with Crippen LogP contribution in [0.2, 0.25) is 0 Å². The maximum Gasteiger partial charge on any atom is 0.328 e. The molecular weight excluding hydrogens is 366 g/mol. The molecule has 5 N–H and O–H groups in total. The number of carbonyl (C=O) groups is 4. The average molecular weight is 389 g/mol. The molecule has 2 heterocycles. The third kappa shape index (κ3) is 3.26. The van der Waals surface area contributed by atoms with Crippen molar-refractivity contribution in [3.8, 4) is 0 Å². The van der Waals surface area contributed by atoms with Crippen molar-refractivity contribution in [3.63, 3.8) is 0 Å². The molecule has 10 nitrogen and oxygen atoms in total. The van der Waals surface area contributed by atoms with Crippen molar-refractivity contribution in [2.24, 2.45) is 5.73 Å². The molecule has 0 spiro atoms. The number of carbonyl (C=O) groups excluding carboxylic acids is 2. The van der Waals surface area contributed by atoms with Crippen LogP contribution in [-0.2, 0) is 23.9 Å². The molecule has 0 aliphatic carbocycles. The number of hydrogen-bond donors (Lipinski definition) is 4. The minimum Gasteiger partial charge on any atom is -0.480 e. The van der Waals surface area contributed by atoms with Crippen molar-refractivity contribution >= 4 is 35.5 Å². The van der Waals surface area contributed by atoms with Gasteiger partial charge in [-0.15, -0.1) is 0 Å². The van der Waals surface area contributed by atoms with Crippen LogP contribution in [0.4, 0.5) is 0 Å². The van der Waals surface area contributed by atoms with E-state index < -0.39 is 51.7 Å². The van der Waals surface area contributed by atoms with Crippen LogP contribution in [0.25, 0.3) is 0 Å². The molecule has 2 saturated heterocycles. The van der Waals surface area contributed by atoms with Gasteiger partial charge in [0.25, 0.3) is 5.91 Å². The van der Waals surface area contributed by atoms with E-state index in [4.69, 9.17) is 15.6 Å².